The van der Waals surface area contributed by atoms with Gasteiger partial charge in [-0.2, -0.15) is 13.0 Å². The van der Waals surface area contributed by atoms with Crippen molar-refractivity contribution in [3.63, 3.8) is 0 Å². The summed E-state index contributed by atoms with van der Waals surface area (Å²) >= 11 is 1.48. The van der Waals surface area contributed by atoms with Crippen LogP contribution in [0.25, 0.3) is 21.5 Å². The highest BCUT2D eigenvalue weighted by Gasteiger charge is 2.45. The second-order valence-corrected chi connectivity index (χ2v) is 20.8. The summed E-state index contributed by atoms with van der Waals surface area (Å²) in [6.45, 7) is 10.6. The fourth-order valence-electron chi connectivity index (χ4n) is 10.0. The van der Waals surface area contributed by atoms with E-state index in [1.54, 1.807) is 0 Å². The summed E-state index contributed by atoms with van der Waals surface area (Å²) < 4.78 is 36.1. The number of thioether (sulfide) groups is 1. The van der Waals surface area contributed by atoms with Crippen LogP contribution in [0.2, 0.25) is 0 Å². The van der Waals surface area contributed by atoms with Crippen LogP contribution in [0.1, 0.15) is 109 Å². The lowest BCUT2D eigenvalue weighted by atomic mass is 9.78. The largest absolute Gasteiger partial charge is 0.550 e. The number of benzene rings is 4. The number of allylic oxidation sites excluding steroid dienone is 7. The van der Waals surface area contributed by atoms with E-state index in [1.165, 1.54) is 50.1 Å². The SMILES string of the molecule is CC1(C)C(/C=C/C2=C(SCCS(=O)(=O)O)C(=C\C=C3/N(CCCCCC(=O)O)c4ccc5ccccc5c4C3(C)C)/CCC2)=[N+](CCCCCC(=O)[O-])c2ccc3ccccc3c21. The maximum atomic E-state index is 12.0. The second-order valence-electron chi connectivity index (χ2n) is 18.1. The van der Waals surface area contributed by atoms with Crippen molar-refractivity contribution >= 4 is 72.4 Å². The molecule has 4 aromatic rings. The molecule has 7 rings (SSSR count). The fraction of sp³-hybridized carbons (Fsp3) is 0.404. The zero-order chi connectivity index (χ0) is 44.9. The summed E-state index contributed by atoms with van der Waals surface area (Å²) in [5, 5.41) is 25.2. The first-order valence-electron chi connectivity index (χ1n) is 22.4. The third kappa shape index (κ3) is 10.2. The standard InChI is InChI=1S/C52H60N2O7S2/c1-51(2)44(53(32-13-5-7-22-46(55)56)42-28-24-36-16-9-11-20-40(36)48(42)51)30-26-38-18-15-19-39(50(38)62-34-35-63(59,60)61)27-31-45-52(3,4)49-41-21-12-10-17-37(41)25-29-43(49)54(45)33-14-6-8-23-47(57)58/h9-12,16-17,20-21,24-31H,5-8,13-15,18-19,22-23,32-35H2,1-4H3,(H2-,55,56,57,58,59,60,61). The molecule has 0 unspecified atom stereocenters. The molecule has 0 atom stereocenters. The first-order chi connectivity index (χ1) is 30.1. The number of anilines is 1. The predicted molar refractivity (Wildman–Crippen MR) is 256 cm³/mol. The summed E-state index contributed by atoms with van der Waals surface area (Å²) in [7, 11) is -4.17. The average Bonchev–Trinajstić information content (AvgIpc) is 3.59. The molecule has 0 saturated heterocycles. The molecule has 1 aliphatic carbocycles. The number of carbonyl (C=O) groups excluding carboxylic acids is 1. The number of carboxylic acid groups (broad SMARTS) is 2. The fourth-order valence-corrected chi connectivity index (χ4v) is 12.1. The Hall–Kier alpha value is -4.97. The molecule has 332 valence electrons. The molecule has 0 spiro atoms. The molecule has 2 aliphatic heterocycles. The first kappa shape index (κ1) is 46.0. The third-order valence-corrected chi connectivity index (χ3v) is 15.2. The van der Waals surface area contributed by atoms with Crippen molar-refractivity contribution in [1.82, 2.24) is 0 Å². The maximum Gasteiger partial charge on any atom is 0.303 e. The van der Waals surface area contributed by atoms with E-state index in [4.69, 9.17) is 0 Å². The second kappa shape index (κ2) is 19.4. The molecule has 2 heterocycles. The Bertz CT molecular complexity index is 2690. The third-order valence-electron chi connectivity index (χ3n) is 13.0. The van der Waals surface area contributed by atoms with E-state index >= 15 is 0 Å². The predicted octanol–water partition coefficient (Wildman–Crippen LogP) is 10.5. The molecule has 0 amide bonds. The molecule has 0 aromatic heterocycles. The molecule has 11 heteroatoms. The van der Waals surface area contributed by atoms with E-state index in [-0.39, 0.29) is 35.2 Å². The quantitative estimate of drug-likeness (QED) is 0.0535. The Morgan fingerprint density at radius 3 is 2.16 bits per heavy atom. The number of fused-ring (bicyclic) bond motifs is 6. The van der Waals surface area contributed by atoms with E-state index < -0.39 is 22.1 Å². The topological polar surface area (TPSA) is 138 Å². The first-order valence-corrected chi connectivity index (χ1v) is 25.0. The van der Waals surface area contributed by atoms with Gasteiger partial charge in [0.05, 0.1) is 11.2 Å². The van der Waals surface area contributed by atoms with Crippen molar-refractivity contribution in [2.75, 3.05) is 29.5 Å². The molecule has 2 N–H and O–H groups in total. The average molecular weight is 889 g/mol. The number of carbonyl (C=O) groups is 2. The van der Waals surface area contributed by atoms with Gasteiger partial charge in [0.1, 0.15) is 6.54 Å². The van der Waals surface area contributed by atoms with Gasteiger partial charge in [0.2, 0.25) is 5.69 Å². The van der Waals surface area contributed by atoms with Crippen LogP contribution in [0.5, 0.6) is 0 Å². The van der Waals surface area contributed by atoms with Gasteiger partial charge < -0.3 is 19.9 Å². The van der Waals surface area contributed by atoms with Crippen LogP contribution in [-0.4, -0.2) is 64.9 Å². The maximum absolute atomic E-state index is 12.0. The Morgan fingerprint density at radius 1 is 0.794 bits per heavy atom. The van der Waals surface area contributed by atoms with Crippen LogP contribution in [0.15, 0.2) is 119 Å². The summed E-state index contributed by atoms with van der Waals surface area (Å²) in [5.74, 6) is -1.93. The van der Waals surface area contributed by atoms with Crippen LogP contribution in [-0.2, 0) is 30.5 Å². The Kier molecular flexibility index (Phi) is 14.2. The van der Waals surface area contributed by atoms with Gasteiger partial charge in [0, 0.05) is 70.5 Å². The highest BCUT2D eigenvalue weighted by Crippen LogP contribution is 2.51. The van der Waals surface area contributed by atoms with Crippen molar-refractivity contribution in [3.05, 3.63) is 130 Å². The number of nitrogens with zero attached hydrogens (tertiary/aromatic N) is 2. The number of hydrogen-bond acceptors (Lipinski definition) is 7. The monoisotopic (exact) mass is 888 g/mol. The summed E-state index contributed by atoms with van der Waals surface area (Å²) in [6.07, 6.45) is 16.1. The van der Waals surface area contributed by atoms with Gasteiger partial charge in [-0.1, -0.05) is 87.0 Å². The van der Waals surface area contributed by atoms with Gasteiger partial charge in [-0.25, -0.2) is 0 Å². The van der Waals surface area contributed by atoms with Crippen LogP contribution < -0.4 is 10.0 Å². The van der Waals surface area contributed by atoms with E-state index in [0.29, 0.717) is 12.8 Å². The molecule has 0 saturated carbocycles. The lowest BCUT2D eigenvalue weighted by Gasteiger charge is -2.28. The number of unbranched alkanes of at least 4 members (excludes halogenated alkanes) is 4. The normalized spacial score (nSPS) is 18.4. The molecule has 63 heavy (non-hydrogen) atoms. The Labute approximate surface area is 376 Å². The molecule has 0 bridgehead atoms. The van der Waals surface area contributed by atoms with Crippen molar-refractivity contribution in [2.24, 2.45) is 0 Å². The van der Waals surface area contributed by atoms with E-state index in [9.17, 15) is 32.8 Å². The lowest BCUT2D eigenvalue weighted by molar-refractivity contribution is -0.438. The van der Waals surface area contributed by atoms with Gasteiger partial charge in [-0.3, -0.25) is 9.35 Å². The van der Waals surface area contributed by atoms with Crippen LogP contribution >= 0.6 is 11.8 Å². The van der Waals surface area contributed by atoms with Gasteiger partial charge >= 0.3 is 5.97 Å². The van der Waals surface area contributed by atoms with Gasteiger partial charge in [-0.15, -0.1) is 11.8 Å². The zero-order valence-electron chi connectivity index (χ0n) is 37.0. The molecular formula is C52H60N2O7S2. The zero-order valence-corrected chi connectivity index (χ0v) is 38.6. The molecule has 0 fully saturated rings. The van der Waals surface area contributed by atoms with Gasteiger partial charge in [0.15, 0.2) is 5.71 Å². The molecule has 0 radical (unpaired) electrons. The smallest absolute Gasteiger partial charge is 0.303 e. The lowest BCUT2D eigenvalue weighted by Crippen LogP contribution is -2.28. The van der Waals surface area contributed by atoms with E-state index in [0.717, 1.165) is 91.2 Å². The summed E-state index contributed by atoms with van der Waals surface area (Å²) in [6, 6.07) is 25.7. The minimum atomic E-state index is -4.17. The highest BCUT2D eigenvalue weighted by atomic mass is 32.2. The molecule has 3 aliphatic rings. The van der Waals surface area contributed by atoms with Crippen molar-refractivity contribution < 1.29 is 37.3 Å². The van der Waals surface area contributed by atoms with Crippen molar-refractivity contribution in [2.45, 2.75) is 109 Å². The number of hydrogen-bond donors (Lipinski definition) is 2. The number of aliphatic carboxylic acids is 2. The number of carboxylic acids is 2. The van der Waals surface area contributed by atoms with Crippen molar-refractivity contribution in [3.8, 4) is 0 Å². The Balaban J connectivity index is 1.29. The van der Waals surface area contributed by atoms with Crippen LogP contribution in [0, 0.1) is 0 Å². The van der Waals surface area contributed by atoms with Crippen molar-refractivity contribution in [1.29, 1.82) is 0 Å². The van der Waals surface area contributed by atoms with Crippen LogP contribution in [0.3, 0.4) is 0 Å². The molecular weight excluding hydrogens is 829 g/mol. The molecule has 9 nitrogen and oxygen atoms in total. The van der Waals surface area contributed by atoms with Crippen LogP contribution in [0.4, 0.5) is 11.4 Å². The summed E-state index contributed by atoms with van der Waals surface area (Å²) in [4.78, 5) is 25.9. The van der Waals surface area contributed by atoms with Gasteiger partial charge in [-0.05, 0) is 122 Å². The Morgan fingerprint density at radius 2 is 1.46 bits per heavy atom. The number of rotatable bonds is 19. The van der Waals surface area contributed by atoms with E-state index in [1.807, 2.05) is 0 Å². The minimum absolute atomic E-state index is 0.0515. The highest BCUT2D eigenvalue weighted by molar-refractivity contribution is 8.04. The van der Waals surface area contributed by atoms with Gasteiger partial charge in [0.25, 0.3) is 10.1 Å². The van der Waals surface area contributed by atoms with E-state index in [2.05, 4.69) is 134 Å². The summed E-state index contributed by atoms with van der Waals surface area (Å²) in [5.41, 5.74) is 8.74. The molecule has 4 aromatic carbocycles. The minimum Gasteiger partial charge on any atom is -0.550 e.